The SMILES string of the molecule is Cc1cc(C)cc(Nc2cc(NC3C=CC(P(C)(C)=O)=CC3C)ncn2)c1. The summed E-state index contributed by atoms with van der Waals surface area (Å²) < 4.78 is 12.3. The Bertz CT molecular complexity index is 925. The van der Waals surface area contributed by atoms with E-state index in [4.69, 9.17) is 0 Å². The van der Waals surface area contributed by atoms with Crippen LogP contribution in [0.25, 0.3) is 0 Å². The molecule has 0 saturated heterocycles. The van der Waals surface area contributed by atoms with Gasteiger partial charge in [0.15, 0.2) is 0 Å². The van der Waals surface area contributed by atoms with Gasteiger partial charge in [0.25, 0.3) is 0 Å². The Kier molecular flexibility index (Phi) is 5.52. The van der Waals surface area contributed by atoms with Gasteiger partial charge in [0.1, 0.15) is 25.1 Å². The fourth-order valence-electron chi connectivity index (χ4n) is 3.21. The van der Waals surface area contributed by atoms with Crippen LogP contribution in [0.1, 0.15) is 18.1 Å². The van der Waals surface area contributed by atoms with Crippen LogP contribution in [0.15, 0.2) is 54.1 Å². The Morgan fingerprint density at radius 2 is 1.67 bits per heavy atom. The largest absolute Gasteiger partial charge is 0.363 e. The van der Waals surface area contributed by atoms with Gasteiger partial charge in [-0.15, -0.1) is 0 Å². The van der Waals surface area contributed by atoms with Crippen molar-refractivity contribution in [3.05, 3.63) is 65.3 Å². The normalized spacial score (nSPS) is 19.5. The fraction of sp³-hybridized carbons (Fsp3) is 0.333. The van der Waals surface area contributed by atoms with E-state index in [0.29, 0.717) is 0 Å². The standard InChI is InChI=1S/C21H27N4OP/c1-14-8-15(2)10-17(9-14)24-20-12-21(23-13-22-20)25-19-7-6-18(11-16(19)3)27(4,5)26/h6-13,16,19H,1-5H3,(H2,22,23,24,25). The van der Waals surface area contributed by atoms with E-state index in [-0.39, 0.29) is 12.0 Å². The molecule has 1 heterocycles. The Morgan fingerprint density at radius 1 is 1.00 bits per heavy atom. The lowest BCUT2D eigenvalue weighted by Crippen LogP contribution is -2.26. The second-order valence-corrected chi connectivity index (χ2v) is 10.8. The average molecular weight is 382 g/mol. The first-order valence-corrected chi connectivity index (χ1v) is 11.7. The molecule has 1 aliphatic rings. The molecule has 5 nitrogen and oxygen atoms in total. The molecule has 2 aromatic rings. The lowest BCUT2D eigenvalue weighted by molar-refractivity contribution is 0.585. The topological polar surface area (TPSA) is 66.9 Å². The number of aromatic nitrogens is 2. The van der Waals surface area contributed by atoms with Gasteiger partial charge in [0.2, 0.25) is 0 Å². The number of aryl methyl sites for hydroxylation is 2. The molecular formula is C21H27N4OP. The summed E-state index contributed by atoms with van der Waals surface area (Å²) in [5.41, 5.74) is 3.42. The second-order valence-electron chi connectivity index (χ2n) is 7.62. The van der Waals surface area contributed by atoms with Gasteiger partial charge in [-0.1, -0.05) is 31.2 Å². The molecule has 1 aromatic heterocycles. The van der Waals surface area contributed by atoms with Crippen LogP contribution in [0.4, 0.5) is 17.3 Å². The maximum atomic E-state index is 12.3. The molecule has 0 saturated carbocycles. The molecule has 27 heavy (non-hydrogen) atoms. The first-order chi connectivity index (χ1) is 12.7. The van der Waals surface area contributed by atoms with Crippen LogP contribution in [0, 0.1) is 19.8 Å². The van der Waals surface area contributed by atoms with Crippen LogP contribution in [0.5, 0.6) is 0 Å². The van der Waals surface area contributed by atoms with Crippen LogP contribution in [0.2, 0.25) is 0 Å². The van der Waals surface area contributed by atoms with E-state index in [1.54, 1.807) is 19.7 Å². The zero-order chi connectivity index (χ0) is 19.6. The van der Waals surface area contributed by atoms with E-state index in [2.05, 4.69) is 71.7 Å². The number of nitrogens with one attached hydrogen (secondary N) is 2. The summed E-state index contributed by atoms with van der Waals surface area (Å²) in [6.07, 6.45) is 7.68. The van der Waals surface area contributed by atoms with E-state index < -0.39 is 7.14 Å². The van der Waals surface area contributed by atoms with Crippen molar-refractivity contribution < 1.29 is 4.57 Å². The molecule has 142 valence electrons. The summed E-state index contributed by atoms with van der Waals surface area (Å²) in [6.45, 7) is 9.88. The third kappa shape index (κ3) is 5.08. The van der Waals surface area contributed by atoms with Crippen molar-refractivity contribution >= 4 is 24.5 Å². The van der Waals surface area contributed by atoms with Crippen LogP contribution >= 0.6 is 7.14 Å². The minimum absolute atomic E-state index is 0.101. The molecule has 1 aromatic carbocycles. The van der Waals surface area contributed by atoms with Gasteiger partial charge >= 0.3 is 0 Å². The van der Waals surface area contributed by atoms with E-state index in [9.17, 15) is 4.57 Å². The average Bonchev–Trinajstić information content (AvgIpc) is 2.55. The van der Waals surface area contributed by atoms with Crippen molar-refractivity contribution in [3.63, 3.8) is 0 Å². The van der Waals surface area contributed by atoms with Crippen molar-refractivity contribution in [2.45, 2.75) is 26.8 Å². The summed E-state index contributed by atoms with van der Waals surface area (Å²) in [7, 11) is -2.23. The lowest BCUT2D eigenvalue weighted by Gasteiger charge is -2.25. The number of rotatable bonds is 5. The summed E-state index contributed by atoms with van der Waals surface area (Å²) in [4.78, 5) is 8.66. The molecule has 0 aliphatic heterocycles. The Hall–Kier alpha value is -2.39. The van der Waals surface area contributed by atoms with Crippen molar-refractivity contribution in [3.8, 4) is 0 Å². The first-order valence-electron chi connectivity index (χ1n) is 9.10. The van der Waals surface area contributed by atoms with Gasteiger partial charge in [0.05, 0.1) is 6.04 Å². The molecule has 2 N–H and O–H groups in total. The fourth-order valence-corrected chi connectivity index (χ4v) is 4.25. The monoisotopic (exact) mass is 382 g/mol. The van der Waals surface area contributed by atoms with Crippen molar-refractivity contribution in [1.29, 1.82) is 0 Å². The van der Waals surface area contributed by atoms with Gasteiger partial charge in [-0.2, -0.15) is 0 Å². The van der Waals surface area contributed by atoms with E-state index >= 15 is 0 Å². The summed E-state index contributed by atoms with van der Waals surface area (Å²) in [6, 6.07) is 8.33. The van der Waals surface area contributed by atoms with Crippen molar-refractivity contribution in [1.82, 2.24) is 9.97 Å². The predicted octanol–water partition coefficient (Wildman–Crippen LogP) is 5.33. The predicted molar refractivity (Wildman–Crippen MR) is 114 cm³/mol. The molecule has 2 atom stereocenters. The zero-order valence-electron chi connectivity index (χ0n) is 16.5. The highest BCUT2D eigenvalue weighted by Crippen LogP contribution is 2.48. The first kappa shape index (κ1) is 19.4. The number of hydrogen-bond acceptors (Lipinski definition) is 5. The van der Waals surface area contributed by atoms with Gasteiger partial charge < -0.3 is 15.2 Å². The molecule has 6 heteroatoms. The van der Waals surface area contributed by atoms with Crippen LogP contribution in [-0.2, 0) is 4.57 Å². The van der Waals surface area contributed by atoms with E-state index in [1.807, 2.05) is 12.1 Å². The molecule has 0 spiro atoms. The maximum Gasteiger partial charge on any atom is 0.135 e. The molecule has 0 fully saturated rings. The Morgan fingerprint density at radius 3 is 2.30 bits per heavy atom. The van der Waals surface area contributed by atoms with Crippen LogP contribution in [-0.4, -0.2) is 29.3 Å². The minimum Gasteiger partial charge on any atom is -0.363 e. The third-order valence-corrected chi connectivity index (χ3v) is 6.11. The van der Waals surface area contributed by atoms with Crippen LogP contribution < -0.4 is 10.6 Å². The van der Waals surface area contributed by atoms with Gasteiger partial charge in [-0.05, 0) is 56.4 Å². The molecule has 0 radical (unpaired) electrons. The summed E-state index contributed by atoms with van der Waals surface area (Å²) in [5, 5.41) is 7.72. The second kappa shape index (κ2) is 7.69. The van der Waals surface area contributed by atoms with E-state index in [0.717, 1.165) is 22.6 Å². The highest BCUT2D eigenvalue weighted by Gasteiger charge is 2.22. The molecule has 0 bridgehead atoms. The van der Waals surface area contributed by atoms with Crippen molar-refractivity contribution in [2.75, 3.05) is 24.0 Å². The maximum absolute atomic E-state index is 12.3. The molecule has 0 amide bonds. The number of allylic oxidation sites excluding steroid dienone is 2. The highest BCUT2D eigenvalue weighted by molar-refractivity contribution is 7.66. The third-order valence-electron chi connectivity index (χ3n) is 4.57. The van der Waals surface area contributed by atoms with E-state index in [1.165, 1.54) is 11.1 Å². The Balaban J connectivity index is 1.72. The lowest BCUT2D eigenvalue weighted by atomic mass is 9.97. The summed E-state index contributed by atoms with van der Waals surface area (Å²) in [5.74, 6) is 1.73. The highest BCUT2D eigenvalue weighted by atomic mass is 31.2. The summed E-state index contributed by atoms with van der Waals surface area (Å²) >= 11 is 0. The zero-order valence-corrected chi connectivity index (χ0v) is 17.4. The smallest absolute Gasteiger partial charge is 0.135 e. The number of hydrogen-bond donors (Lipinski definition) is 2. The van der Waals surface area contributed by atoms with Crippen molar-refractivity contribution in [2.24, 2.45) is 5.92 Å². The molecule has 1 aliphatic carbocycles. The number of anilines is 3. The van der Waals surface area contributed by atoms with Crippen LogP contribution in [0.3, 0.4) is 0 Å². The number of nitrogens with zero attached hydrogens (tertiary/aromatic N) is 2. The molecule has 2 unspecified atom stereocenters. The van der Waals surface area contributed by atoms with Gasteiger partial charge in [-0.3, -0.25) is 0 Å². The number of benzene rings is 1. The quantitative estimate of drug-likeness (QED) is 0.684. The minimum atomic E-state index is -2.23. The van der Waals surface area contributed by atoms with Gasteiger partial charge in [-0.25, -0.2) is 9.97 Å². The molecule has 3 rings (SSSR count). The molecular weight excluding hydrogens is 355 g/mol. The Labute approximate surface area is 161 Å². The van der Waals surface area contributed by atoms with Gasteiger partial charge in [0, 0.05) is 17.1 Å².